The summed E-state index contributed by atoms with van der Waals surface area (Å²) in [6, 6.07) is 14.4. The van der Waals surface area contributed by atoms with Gasteiger partial charge in [0, 0.05) is 5.56 Å². The summed E-state index contributed by atoms with van der Waals surface area (Å²) >= 11 is 5.74. The van der Waals surface area contributed by atoms with Gasteiger partial charge in [0.15, 0.2) is 0 Å². The molecule has 17 heavy (non-hydrogen) atoms. The molecule has 0 aliphatic carbocycles. The summed E-state index contributed by atoms with van der Waals surface area (Å²) in [6.07, 6.45) is 3.27. The first-order valence-corrected chi connectivity index (χ1v) is 5.68. The van der Waals surface area contributed by atoms with Crippen LogP contribution in [0.15, 0.2) is 54.9 Å². The molecule has 0 atom stereocenters. The number of fused-ring (bicyclic) bond motifs is 1. The average Bonchev–Trinajstić information content (AvgIpc) is 2.39. The van der Waals surface area contributed by atoms with Gasteiger partial charge in [-0.1, -0.05) is 54.1 Å². The van der Waals surface area contributed by atoms with Crippen LogP contribution >= 0.6 is 11.6 Å². The Balaban J connectivity index is 2.27. The topological polar surface area (TPSA) is 25.8 Å². The summed E-state index contributed by atoms with van der Waals surface area (Å²) in [4.78, 5) is 8.37. The van der Waals surface area contributed by atoms with Crippen molar-refractivity contribution >= 4 is 22.4 Å². The summed E-state index contributed by atoms with van der Waals surface area (Å²) in [5, 5.41) is 2.78. The first-order chi connectivity index (χ1) is 8.34. The second kappa shape index (κ2) is 4.15. The van der Waals surface area contributed by atoms with E-state index in [0.717, 1.165) is 11.3 Å². The number of hydrogen-bond acceptors (Lipinski definition) is 2. The molecule has 1 aromatic heterocycles. The predicted molar refractivity (Wildman–Crippen MR) is 70.0 cm³/mol. The highest BCUT2D eigenvalue weighted by atomic mass is 35.5. The fourth-order valence-electron chi connectivity index (χ4n) is 1.90. The Hall–Kier alpha value is -1.93. The van der Waals surface area contributed by atoms with Crippen molar-refractivity contribution in [3.8, 4) is 11.3 Å². The number of hydrogen-bond donors (Lipinski definition) is 0. The number of benzene rings is 2. The number of aromatic nitrogens is 2. The molecule has 82 valence electrons. The Morgan fingerprint density at radius 3 is 2.47 bits per heavy atom. The molecule has 1 heterocycles. The normalized spacial score (nSPS) is 10.6. The quantitative estimate of drug-likeness (QED) is 0.644. The van der Waals surface area contributed by atoms with Crippen molar-refractivity contribution in [1.29, 1.82) is 0 Å². The SMILES string of the molecule is Clc1cnc(-c2cccc3ccccc23)cn1. The van der Waals surface area contributed by atoms with E-state index in [1.54, 1.807) is 12.4 Å². The van der Waals surface area contributed by atoms with Crippen LogP contribution in [0, 0.1) is 0 Å². The van der Waals surface area contributed by atoms with Crippen LogP contribution in [-0.2, 0) is 0 Å². The lowest BCUT2D eigenvalue weighted by Gasteiger charge is -2.05. The lowest BCUT2D eigenvalue weighted by atomic mass is 10.0. The van der Waals surface area contributed by atoms with E-state index in [-0.39, 0.29) is 0 Å². The van der Waals surface area contributed by atoms with E-state index in [0.29, 0.717) is 5.15 Å². The van der Waals surface area contributed by atoms with Crippen molar-refractivity contribution in [2.45, 2.75) is 0 Å². The second-order valence-corrected chi connectivity index (χ2v) is 4.14. The molecule has 0 bridgehead atoms. The zero-order valence-electron chi connectivity index (χ0n) is 8.97. The van der Waals surface area contributed by atoms with Gasteiger partial charge in [0.25, 0.3) is 0 Å². The molecule has 3 rings (SSSR count). The fourth-order valence-corrected chi connectivity index (χ4v) is 2.00. The first-order valence-electron chi connectivity index (χ1n) is 5.30. The second-order valence-electron chi connectivity index (χ2n) is 3.75. The summed E-state index contributed by atoms with van der Waals surface area (Å²) in [6.45, 7) is 0. The molecule has 0 unspecified atom stereocenters. The van der Waals surface area contributed by atoms with Gasteiger partial charge in [-0.3, -0.25) is 4.98 Å². The monoisotopic (exact) mass is 240 g/mol. The Bertz CT molecular complexity index is 657. The molecule has 2 aromatic carbocycles. The molecule has 0 aliphatic heterocycles. The maximum atomic E-state index is 5.74. The molecule has 0 saturated carbocycles. The highest BCUT2D eigenvalue weighted by molar-refractivity contribution is 6.29. The molecular formula is C14H9ClN2. The van der Waals surface area contributed by atoms with Gasteiger partial charge < -0.3 is 0 Å². The summed E-state index contributed by atoms with van der Waals surface area (Å²) in [7, 11) is 0. The molecular weight excluding hydrogens is 232 g/mol. The number of rotatable bonds is 1. The largest absolute Gasteiger partial charge is 0.251 e. The summed E-state index contributed by atoms with van der Waals surface area (Å²) in [5.74, 6) is 0. The standard InChI is InChI=1S/C14H9ClN2/c15-14-9-16-13(8-17-14)12-7-3-5-10-4-1-2-6-11(10)12/h1-9H. The van der Waals surface area contributed by atoms with Crippen LogP contribution in [0.25, 0.3) is 22.0 Å². The van der Waals surface area contributed by atoms with Crippen molar-refractivity contribution < 1.29 is 0 Å². The van der Waals surface area contributed by atoms with Gasteiger partial charge in [0.1, 0.15) is 5.15 Å². The van der Waals surface area contributed by atoms with E-state index < -0.39 is 0 Å². The minimum Gasteiger partial charge on any atom is -0.251 e. The fraction of sp³-hybridized carbons (Fsp3) is 0. The van der Waals surface area contributed by atoms with Crippen molar-refractivity contribution in [1.82, 2.24) is 9.97 Å². The van der Waals surface area contributed by atoms with E-state index in [1.165, 1.54) is 10.8 Å². The maximum Gasteiger partial charge on any atom is 0.147 e. The van der Waals surface area contributed by atoms with E-state index in [9.17, 15) is 0 Å². The van der Waals surface area contributed by atoms with Gasteiger partial charge in [-0.15, -0.1) is 0 Å². The summed E-state index contributed by atoms with van der Waals surface area (Å²) < 4.78 is 0. The van der Waals surface area contributed by atoms with Gasteiger partial charge in [-0.25, -0.2) is 4.98 Å². The number of nitrogens with zero attached hydrogens (tertiary/aromatic N) is 2. The molecule has 0 N–H and O–H groups in total. The highest BCUT2D eigenvalue weighted by Crippen LogP contribution is 2.26. The van der Waals surface area contributed by atoms with Crippen LogP contribution in [0.2, 0.25) is 5.15 Å². The molecule has 2 nitrogen and oxygen atoms in total. The van der Waals surface area contributed by atoms with Gasteiger partial charge in [0.2, 0.25) is 0 Å². The predicted octanol–water partition coefficient (Wildman–Crippen LogP) is 3.95. The van der Waals surface area contributed by atoms with E-state index >= 15 is 0 Å². The van der Waals surface area contributed by atoms with Gasteiger partial charge in [-0.05, 0) is 10.8 Å². The minimum absolute atomic E-state index is 0.411. The molecule has 3 heteroatoms. The van der Waals surface area contributed by atoms with E-state index in [4.69, 9.17) is 11.6 Å². The van der Waals surface area contributed by atoms with Gasteiger partial charge in [0.05, 0.1) is 18.1 Å². The van der Waals surface area contributed by atoms with E-state index in [1.807, 2.05) is 24.3 Å². The first kappa shape index (κ1) is 10.2. The maximum absolute atomic E-state index is 5.74. The van der Waals surface area contributed by atoms with Gasteiger partial charge in [-0.2, -0.15) is 0 Å². The third-order valence-electron chi connectivity index (χ3n) is 2.69. The van der Waals surface area contributed by atoms with Crippen molar-refractivity contribution in [3.05, 3.63) is 60.0 Å². The van der Waals surface area contributed by atoms with Gasteiger partial charge >= 0.3 is 0 Å². The van der Waals surface area contributed by atoms with Crippen molar-refractivity contribution in [3.63, 3.8) is 0 Å². The van der Waals surface area contributed by atoms with E-state index in [2.05, 4.69) is 28.2 Å². The molecule has 3 aromatic rings. The zero-order chi connectivity index (χ0) is 11.7. The third kappa shape index (κ3) is 1.87. The Morgan fingerprint density at radius 2 is 1.65 bits per heavy atom. The highest BCUT2D eigenvalue weighted by Gasteiger charge is 2.04. The average molecular weight is 241 g/mol. The van der Waals surface area contributed by atoms with Crippen LogP contribution in [-0.4, -0.2) is 9.97 Å². The lowest BCUT2D eigenvalue weighted by Crippen LogP contribution is -1.87. The molecule has 0 radical (unpaired) electrons. The van der Waals surface area contributed by atoms with Crippen molar-refractivity contribution in [2.75, 3.05) is 0 Å². The van der Waals surface area contributed by atoms with Crippen LogP contribution in [0.4, 0.5) is 0 Å². The molecule has 0 spiro atoms. The minimum atomic E-state index is 0.411. The smallest absolute Gasteiger partial charge is 0.147 e. The van der Waals surface area contributed by atoms with Crippen LogP contribution < -0.4 is 0 Å². The van der Waals surface area contributed by atoms with Crippen LogP contribution in [0.3, 0.4) is 0 Å². The third-order valence-corrected chi connectivity index (χ3v) is 2.88. The lowest BCUT2D eigenvalue weighted by molar-refractivity contribution is 1.21. The number of halogens is 1. The van der Waals surface area contributed by atoms with Crippen molar-refractivity contribution in [2.24, 2.45) is 0 Å². The Morgan fingerprint density at radius 1 is 0.824 bits per heavy atom. The zero-order valence-corrected chi connectivity index (χ0v) is 9.72. The Labute approximate surface area is 104 Å². The Kier molecular flexibility index (Phi) is 2.50. The molecule has 0 amide bonds. The molecule has 0 saturated heterocycles. The van der Waals surface area contributed by atoms with Crippen LogP contribution in [0.1, 0.15) is 0 Å². The van der Waals surface area contributed by atoms with Crippen LogP contribution in [0.5, 0.6) is 0 Å². The molecule has 0 aliphatic rings. The summed E-state index contributed by atoms with van der Waals surface area (Å²) in [5.41, 5.74) is 1.92. The molecule has 0 fully saturated rings.